The Morgan fingerprint density at radius 1 is 1.28 bits per heavy atom. The van der Waals surface area contributed by atoms with Gasteiger partial charge in [-0.25, -0.2) is 4.98 Å². The largest absolute Gasteiger partial charge is 0.337 e. The molecule has 0 bridgehead atoms. The summed E-state index contributed by atoms with van der Waals surface area (Å²) < 4.78 is 1.91. The molecule has 0 spiro atoms. The lowest BCUT2D eigenvalue weighted by Crippen LogP contribution is -2.35. The molecule has 0 N–H and O–H groups in total. The number of likely N-dealkylation sites (tertiary alicyclic amines) is 1. The maximum atomic E-state index is 12.3. The van der Waals surface area contributed by atoms with Crippen LogP contribution in [-0.2, 0) is 0 Å². The van der Waals surface area contributed by atoms with Crippen LogP contribution in [0, 0.1) is 6.92 Å². The summed E-state index contributed by atoms with van der Waals surface area (Å²) in [4.78, 5) is 18.6. The lowest BCUT2D eigenvalue weighted by Gasteiger charge is -2.25. The summed E-state index contributed by atoms with van der Waals surface area (Å²) in [5.41, 5.74) is 2.56. The van der Waals surface area contributed by atoms with E-state index in [0.717, 1.165) is 37.1 Å². The second kappa shape index (κ2) is 4.44. The number of aryl methyl sites for hydroxylation is 1. The zero-order chi connectivity index (χ0) is 12.5. The van der Waals surface area contributed by atoms with Crippen LogP contribution in [0.2, 0.25) is 0 Å². The quantitative estimate of drug-likeness (QED) is 0.770. The fourth-order valence-electron chi connectivity index (χ4n) is 2.45. The van der Waals surface area contributed by atoms with Crippen LogP contribution in [-0.4, -0.2) is 33.3 Å². The van der Waals surface area contributed by atoms with Crippen molar-refractivity contribution in [3.05, 3.63) is 35.8 Å². The number of hydrogen-bond acceptors (Lipinski definition) is 2. The monoisotopic (exact) mass is 243 g/mol. The van der Waals surface area contributed by atoms with E-state index in [0.29, 0.717) is 5.69 Å². The second-order valence-electron chi connectivity index (χ2n) is 4.95. The van der Waals surface area contributed by atoms with Crippen molar-refractivity contribution in [2.24, 2.45) is 0 Å². The number of hydrogen-bond donors (Lipinski definition) is 0. The summed E-state index contributed by atoms with van der Waals surface area (Å²) >= 11 is 0. The average Bonchev–Trinajstić information content (AvgIpc) is 2.81. The molecule has 2 aromatic heterocycles. The van der Waals surface area contributed by atoms with E-state index in [1.54, 1.807) is 0 Å². The van der Waals surface area contributed by atoms with Gasteiger partial charge in [-0.15, -0.1) is 0 Å². The first-order chi connectivity index (χ1) is 8.74. The Morgan fingerprint density at radius 2 is 2.06 bits per heavy atom. The van der Waals surface area contributed by atoms with Gasteiger partial charge in [0.1, 0.15) is 11.3 Å². The van der Waals surface area contributed by atoms with Crippen molar-refractivity contribution < 1.29 is 4.79 Å². The molecule has 1 aliphatic rings. The van der Waals surface area contributed by atoms with Gasteiger partial charge >= 0.3 is 0 Å². The predicted octanol–water partition coefficient (Wildman–Crippen LogP) is 2.27. The minimum atomic E-state index is 0.0658. The van der Waals surface area contributed by atoms with E-state index in [9.17, 15) is 4.79 Å². The van der Waals surface area contributed by atoms with Gasteiger partial charge in [0.2, 0.25) is 0 Å². The molecule has 0 atom stereocenters. The minimum Gasteiger partial charge on any atom is -0.337 e. The van der Waals surface area contributed by atoms with Crippen molar-refractivity contribution in [2.45, 2.75) is 26.2 Å². The Hall–Kier alpha value is -1.84. The molecule has 18 heavy (non-hydrogen) atoms. The van der Waals surface area contributed by atoms with Crippen LogP contribution in [0.25, 0.3) is 5.65 Å². The zero-order valence-electron chi connectivity index (χ0n) is 10.6. The summed E-state index contributed by atoms with van der Waals surface area (Å²) in [5.74, 6) is 0.0658. The Kier molecular flexibility index (Phi) is 2.78. The van der Waals surface area contributed by atoms with Gasteiger partial charge in [0.15, 0.2) is 0 Å². The molecule has 4 heteroatoms. The van der Waals surface area contributed by atoms with E-state index in [-0.39, 0.29) is 5.91 Å². The molecule has 1 amide bonds. The third-order valence-electron chi connectivity index (χ3n) is 3.48. The topological polar surface area (TPSA) is 37.6 Å². The normalized spacial score (nSPS) is 16.2. The molecule has 4 nitrogen and oxygen atoms in total. The molecule has 0 unspecified atom stereocenters. The van der Waals surface area contributed by atoms with E-state index in [4.69, 9.17) is 0 Å². The molecule has 0 aliphatic carbocycles. The molecule has 2 aromatic rings. The summed E-state index contributed by atoms with van der Waals surface area (Å²) in [7, 11) is 0. The number of imidazole rings is 1. The van der Waals surface area contributed by atoms with Gasteiger partial charge in [0.05, 0.1) is 0 Å². The molecule has 94 valence electrons. The molecule has 0 radical (unpaired) electrons. The Balaban J connectivity index is 1.91. The zero-order valence-corrected chi connectivity index (χ0v) is 10.6. The maximum absolute atomic E-state index is 12.3. The Labute approximate surface area is 106 Å². The highest BCUT2D eigenvalue weighted by atomic mass is 16.2. The van der Waals surface area contributed by atoms with Crippen molar-refractivity contribution in [1.82, 2.24) is 14.3 Å². The van der Waals surface area contributed by atoms with Crippen molar-refractivity contribution >= 4 is 11.6 Å². The first kappa shape index (κ1) is 11.3. The van der Waals surface area contributed by atoms with Crippen LogP contribution in [0.5, 0.6) is 0 Å². The number of aromatic nitrogens is 2. The number of fused-ring (bicyclic) bond motifs is 1. The number of amides is 1. The Bertz CT molecular complexity index is 582. The van der Waals surface area contributed by atoms with E-state index >= 15 is 0 Å². The number of carbonyl (C=O) groups excluding carboxylic acids is 1. The summed E-state index contributed by atoms with van der Waals surface area (Å²) in [6.07, 6.45) is 7.22. The smallest absolute Gasteiger partial charge is 0.274 e. The number of rotatable bonds is 1. The number of piperidine rings is 1. The molecule has 1 saturated heterocycles. The van der Waals surface area contributed by atoms with Crippen molar-refractivity contribution in [2.75, 3.05) is 13.1 Å². The molecular formula is C14H17N3O. The average molecular weight is 243 g/mol. The highest BCUT2D eigenvalue weighted by molar-refractivity contribution is 5.93. The van der Waals surface area contributed by atoms with Gasteiger partial charge in [-0.3, -0.25) is 4.79 Å². The molecule has 3 heterocycles. The lowest BCUT2D eigenvalue weighted by atomic mass is 10.1. The van der Waals surface area contributed by atoms with Crippen LogP contribution >= 0.6 is 0 Å². The van der Waals surface area contributed by atoms with Gasteiger partial charge < -0.3 is 9.30 Å². The molecule has 1 aliphatic heterocycles. The molecule has 3 rings (SSSR count). The molecule has 0 saturated carbocycles. The number of pyridine rings is 1. The lowest BCUT2D eigenvalue weighted by molar-refractivity contribution is 0.0719. The van der Waals surface area contributed by atoms with Crippen molar-refractivity contribution in [1.29, 1.82) is 0 Å². The molecule has 1 fully saturated rings. The molecule has 0 aromatic carbocycles. The minimum absolute atomic E-state index is 0.0658. The van der Waals surface area contributed by atoms with E-state index in [2.05, 4.69) is 4.98 Å². The van der Waals surface area contributed by atoms with Gasteiger partial charge in [-0.05, 0) is 43.9 Å². The third-order valence-corrected chi connectivity index (χ3v) is 3.48. The van der Waals surface area contributed by atoms with Gasteiger partial charge in [-0.1, -0.05) is 0 Å². The maximum Gasteiger partial charge on any atom is 0.274 e. The van der Waals surface area contributed by atoms with Crippen LogP contribution in [0.1, 0.15) is 35.3 Å². The van der Waals surface area contributed by atoms with Crippen LogP contribution in [0.4, 0.5) is 0 Å². The number of carbonyl (C=O) groups is 1. The molecular weight excluding hydrogens is 226 g/mol. The Morgan fingerprint density at radius 3 is 2.83 bits per heavy atom. The fourth-order valence-corrected chi connectivity index (χ4v) is 2.45. The number of nitrogens with zero attached hydrogens (tertiary/aromatic N) is 3. The van der Waals surface area contributed by atoms with Crippen LogP contribution in [0.15, 0.2) is 24.5 Å². The van der Waals surface area contributed by atoms with Crippen LogP contribution in [0.3, 0.4) is 0 Å². The van der Waals surface area contributed by atoms with Crippen molar-refractivity contribution in [3.8, 4) is 0 Å². The highest BCUT2D eigenvalue weighted by Gasteiger charge is 2.20. The van der Waals surface area contributed by atoms with Gasteiger partial charge in [-0.2, -0.15) is 0 Å². The first-order valence-electron chi connectivity index (χ1n) is 6.49. The van der Waals surface area contributed by atoms with E-state index in [1.807, 2.05) is 40.8 Å². The summed E-state index contributed by atoms with van der Waals surface area (Å²) in [6, 6.07) is 4.01. The SMILES string of the molecule is Cc1ccn2cc(C(=O)N3CCCCC3)nc2c1. The first-order valence-corrected chi connectivity index (χ1v) is 6.49. The second-order valence-corrected chi connectivity index (χ2v) is 4.95. The highest BCUT2D eigenvalue weighted by Crippen LogP contribution is 2.14. The summed E-state index contributed by atoms with van der Waals surface area (Å²) in [6.45, 7) is 3.76. The van der Waals surface area contributed by atoms with Crippen molar-refractivity contribution in [3.63, 3.8) is 0 Å². The third kappa shape index (κ3) is 1.98. The van der Waals surface area contributed by atoms with Gasteiger partial charge in [0, 0.05) is 25.5 Å². The van der Waals surface area contributed by atoms with E-state index < -0.39 is 0 Å². The van der Waals surface area contributed by atoms with E-state index in [1.165, 1.54) is 6.42 Å². The van der Waals surface area contributed by atoms with Crippen LogP contribution < -0.4 is 0 Å². The fraction of sp³-hybridized carbons (Fsp3) is 0.429. The van der Waals surface area contributed by atoms with Gasteiger partial charge in [0.25, 0.3) is 5.91 Å². The standard InChI is InChI=1S/C14H17N3O/c1-11-5-8-17-10-12(15-13(17)9-11)14(18)16-6-3-2-4-7-16/h5,8-10H,2-4,6-7H2,1H3. The predicted molar refractivity (Wildman–Crippen MR) is 69.7 cm³/mol. The summed E-state index contributed by atoms with van der Waals surface area (Å²) in [5, 5.41) is 0.